The Morgan fingerprint density at radius 3 is 1.96 bits per heavy atom. The van der Waals surface area contributed by atoms with Gasteiger partial charge in [-0.2, -0.15) is 11.3 Å². The Labute approximate surface area is 185 Å². The molecule has 0 saturated carbocycles. The number of hydrogen-bond donors (Lipinski definition) is 1. The monoisotopic (exact) mass is 496 g/mol. The topological polar surface area (TPSA) is 12.4 Å². The molecular formula is C18H16BBrNS5. The molecule has 4 rings (SSSR count). The number of rotatable bonds is 2. The molecule has 133 valence electrons. The van der Waals surface area contributed by atoms with Crippen molar-refractivity contribution in [2.75, 3.05) is 0 Å². The van der Waals surface area contributed by atoms with Crippen molar-refractivity contribution in [3.8, 4) is 20.9 Å². The summed E-state index contributed by atoms with van der Waals surface area (Å²) in [6.07, 6.45) is 0. The summed E-state index contributed by atoms with van der Waals surface area (Å²) < 4.78 is 3.92. The quantitative estimate of drug-likeness (QED) is 0.211. The third-order valence-corrected chi connectivity index (χ3v) is 7.62. The van der Waals surface area contributed by atoms with E-state index < -0.39 is 0 Å². The number of nitrogens with zero attached hydrogens (tertiary/aromatic N) is 1. The van der Waals surface area contributed by atoms with Crippen molar-refractivity contribution in [1.82, 2.24) is 0 Å². The van der Waals surface area contributed by atoms with Gasteiger partial charge in [-0.1, -0.05) is 0 Å². The second kappa shape index (κ2) is 11.4. The number of aryl methyl sites for hydroxylation is 2. The molecule has 1 radical (unpaired) electrons. The van der Waals surface area contributed by atoms with Crippen LogP contribution in [-0.2, 0) is 0 Å². The van der Waals surface area contributed by atoms with Gasteiger partial charge in [0.2, 0.25) is 0 Å². The van der Waals surface area contributed by atoms with E-state index in [1.54, 1.807) is 22.7 Å². The number of thiol groups is 1. The van der Waals surface area contributed by atoms with E-state index in [4.69, 9.17) is 0 Å². The van der Waals surface area contributed by atoms with Crippen molar-refractivity contribution in [2.24, 2.45) is 4.30 Å². The van der Waals surface area contributed by atoms with Crippen LogP contribution in [0, 0.1) is 13.8 Å². The van der Waals surface area contributed by atoms with Gasteiger partial charge < -0.3 is 0 Å². The Hall–Kier alpha value is -0.505. The van der Waals surface area contributed by atoms with E-state index in [9.17, 15) is 0 Å². The Morgan fingerprint density at radius 1 is 0.923 bits per heavy atom. The standard InChI is InChI=1S/C9H7BrS2.C9H8S2.BHNS/c1-6-2-3-8(12-6)7-4-5-11-9(7)10;1-7-2-3-9(11-7)8-4-5-10-6-8;1-2-3/h2-5H,1H3;2-6H,1H3;3H. The average molecular weight is 497 g/mol. The maximum atomic E-state index is 4.34. The van der Waals surface area contributed by atoms with Crippen LogP contribution in [0.4, 0.5) is 0 Å². The summed E-state index contributed by atoms with van der Waals surface area (Å²) in [6.45, 7) is 4.27. The molecule has 4 aromatic heterocycles. The van der Waals surface area contributed by atoms with E-state index in [-0.39, 0.29) is 0 Å². The third kappa shape index (κ3) is 6.58. The molecule has 0 aliphatic heterocycles. The SMILES string of the molecule is Cc1ccc(-c2ccsc2)s1.Cc1ccc(-c2ccsc2Br)s1.[B]=NS. The van der Waals surface area contributed by atoms with Gasteiger partial charge in [0, 0.05) is 30.6 Å². The zero-order valence-electron chi connectivity index (χ0n) is 14.2. The summed E-state index contributed by atoms with van der Waals surface area (Å²) in [4.78, 5) is 5.47. The van der Waals surface area contributed by atoms with E-state index in [0.29, 0.717) is 0 Å². The van der Waals surface area contributed by atoms with E-state index in [2.05, 4.69) is 107 Å². The van der Waals surface area contributed by atoms with Crippen LogP contribution in [-0.4, -0.2) is 7.64 Å². The van der Waals surface area contributed by atoms with Gasteiger partial charge in [0.15, 0.2) is 0 Å². The van der Waals surface area contributed by atoms with Gasteiger partial charge in [-0.15, -0.1) is 34.0 Å². The van der Waals surface area contributed by atoms with Crippen molar-refractivity contribution >= 4 is 81.7 Å². The third-order valence-electron chi connectivity index (χ3n) is 3.17. The van der Waals surface area contributed by atoms with Crippen LogP contribution < -0.4 is 0 Å². The predicted octanol–water partition coefficient (Wildman–Crippen LogP) is 8.52. The van der Waals surface area contributed by atoms with Gasteiger partial charge in [0.1, 0.15) is 0 Å². The van der Waals surface area contributed by atoms with Crippen molar-refractivity contribution in [2.45, 2.75) is 13.8 Å². The number of halogens is 1. The predicted molar refractivity (Wildman–Crippen MR) is 130 cm³/mol. The summed E-state index contributed by atoms with van der Waals surface area (Å²) in [7, 11) is 4.34. The van der Waals surface area contributed by atoms with Gasteiger partial charge in [-0.05, 0) is 82.3 Å². The van der Waals surface area contributed by atoms with Gasteiger partial charge in [-0.25, -0.2) is 0 Å². The normalized spacial score (nSPS) is 9.65. The van der Waals surface area contributed by atoms with Crippen molar-refractivity contribution in [3.05, 3.63) is 66.1 Å². The fourth-order valence-electron chi connectivity index (χ4n) is 2.04. The van der Waals surface area contributed by atoms with Crippen LogP contribution in [0.5, 0.6) is 0 Å². The molecule has 1 nitrogen and oxygen atoms in total. The summed E-state index contributed by atoms with van der Waals surface area (Å²) in [5.74, 6) is 0. The molecule has 0 fully saturated rings. The van der Waals surface area contributed by atoms with Crippen molar-refractivity contribution < 1.29 is 0 Å². The average Bonchev–Trinajstić information content (AvgIpc) is 3.36. The summed E-state index contributed by atoms with van der Waals surface area (Å²) >= 11 is 13.9. The van der Waals surface area contributed by atoms with E-state index in [0.717, 1.165) is 0 Å². The van der Waals surface area contributed by atoms with Crippen molar-refractivity contribution in [3.63, 3.8) is 0 Å². The van der Waals surface area contributed by atoms with Crippen LogP contribution >= 0.6 is 74.1 Å². The summed E-state index contributed by atoms with van der Waals surface area (Å²) in [6, 6.07) is 13.0. The van der Waals surface area contributed by atoms with Gasteiger partial charge >= 0.3 is 24.8 Å². The van der Waals surface area contributed by atoms with E-state index in [1.165, 1.54) is 34.4 Å². The zero-order valence-corrected chi connectivity index (χ0v) is 19.9. The molecule has 0 aliphatic rings. The zero-order chi connectivity index (χ0) is 18.9. The summed E-state index contributed by atoms with van der Waals surface area (Å²) in [5.41, 5.74) is 2.67. The molecule has 0 bridgehead atoms. The van der Waals surface area contributed by atoms with Crippen LogP contribution in [0.15, 0.2) is 60.6 Å². The Morgan fingerprint density at radius 2 is 1.54 bits per heavy atom. The fraction of sp³-hybridized carbons (Fsp3) is 0.111. The molecule has 0 saturated heterocycles. The van der Waals surface area contributed by atoms with E-state index >= 15 is 0 Å². The van der Waals surface area contributed by atoms with Crippen LogP contribution in [0.25, 0.3) is 20.9 Å². The number of hydrogen-bond acceptors (Lipinski definition) is 6. The minimum absolute atomic E-state index is 1.23. The first-order chi connectivity index (χ1) is 12.5. The molecule has 26 heavy (non-hydrogen) atoms. The first kappa shape index (κ1) is 21.8. The Balaban J connectivity index is 0.000000163. The van der Waals surface area contributed by atoms with Crippen LogP contribution in [0.2, 0.25) is 0 Å². The second-order valence-corrected chi connectivity index (χ2v) is 10.9. The van der Waals surface area contributed by atoms with Crippen LogP contribution in [0.3, 0.4) is 0 Å². The van der Waals surface area contributed by atoms with Gasteiger partial charge in [-0.3, -0.25) is 0 Å². The van der Waals surface area contributed by atoms with E-state index in [1.807, 2.05) is 22.7 Å². The maximum absolute atomic E-state index is 4.34. The molecule has 0 amide bonds. The molecule has 8 heteroatoms. The molecular weight excluding hydrogens is 481 g/mol. The molecule has 0 spiro atoms. The minimum atomic E-state index is 1.23. The first-order valence-corrected chi connectivity index (χ1v) is 12.1. The number of thiophene rings is 4. The fourth-order valence-corrected chi connectivity index (χ4v) is 6.03. The van der Waals surface area contributed by atoms with Gasteiger partial charge in [0.25, 0.3) is 0 Å². The van der Waals surface area contributed by atoms with Gasteiger partial charge in [0.05, 0.1) is 3.79 Å². The van der Waals surface area contributed by atoms with Crippen LogP contribution in [0.1, 0.15) is 9.75 Å². The Bertz CT molecular complexity index is 923. The summed E-state index contributed by atoms with van der Waals surface area (Å²) in [5, 5.41) is 6.41. The first-order valence-electron chi connectivity index (χ1n) is 7.48. The molecule has 4 heterocycles. The molecule has 0 N–H and O–H groups in total. The molecule has 0 atom stereocenters. The Kier molecular flexibility index (Phi) is 9.52. The second-order valence-electron chi connectivity index (χ2n) is 5.06. The molecule has 0 unspecified atom stereocenters. The molecule has 0 aliphatic carbocycles. The molecule has 4 aromatic rings. The van der Waals surface area contributed by atoms with Crippen molar-refractivity contribution in [1.29, 1.82) is 0 Å². The molecule has 0 aromatic carbocycles.